The highest BCUT2D eigenvalue weighted by atomic mass is 35.5. The molecule has 30 heavy (non-hydrogen) atoms. The van der Waals surface area contributed by atoms with Gasteiger partial charge in [-0.05, 0) is 20.8 Å². The fourth-order valence-electron chi connectivity index (χ4n) is 2.86. The second-order valence-corrected chi connectivity index (χ2v) is 9.11. The van der Waals surface area contributed by atoms with Crippen molar-refractivity contribution in [3.63, 3.8) is 0 Å². The fraction of sp³-hybridized carbons (Fsp3) is 0.500. The minimum absolute atomic E-state index is 0.0168. The lowest BCUT2D eigenvalue weighted by Crippen LogP contribution is -2.39. The molecule has 3 rings (SSSR count). The summed E-state index contributed by atoms with van der Waals surface area (Å²) in [6.07, 6.45) is -3.68. The summed E-state index contributed by atoms with van der Waals surface area (Å²) in [6.45, 7) is 6.16. The van der Waals surface area contributed by atoms with Crippen molar-refractivity contribution in [3.8, 4) is 0 Å². The van der Waals surface area contributed by atoms with Crippen LogP contribution in [0.2, 0.25) is 5.02 Å². The fourth-order valence-corrected chi connectivity index (χ4v) is 4.34. The zero-order valence-corrected chi connectivity index (χ0v) is 18.3. The highest BCUT2D eigenvalue weighted by Gasteiger charge is 2.35. The van der Waals surface area contributed by atoms with Crippen molar-refractivity contribution in [2.75, 3.05) is 24.2 Å². The van der Waals surface area contributed by atoms with E-state index < -0.39 is 23.4 Å². The van der Waals surface area contributed by atoms with Crippen LogP contribution in [0.15, 0.2) is 6.20 Å². The Labute approximate surface area is 180 Å². The van der Waals surface area contributed by atoms with E-state index in [4.69, 9.17) is 16.3 Å². The van der Waals surface area contributed by atoms with Crippen LogP contribution in [0, 0.1) is 0 Å². The Kier molecular flexibility index (Phi) is 6.06. The SMILES string of the molecule is CNc1nc(Nc2sc3c(c2Cl)CN(C(=O)OC(C)(C)C)CC3)ncc1C(F)(F)F. The molecule has 0 bridgehead atoms. The zero-order chi connectivity index (χ0) is 22.3. The number of fused-ring (bicyclic) bond motifs is 1. The summed E-state index contributed by atoms with van der Waals surface area (Å²) in [4.78, 5) is 22.6. The summed E-state index contributed by atoms with van der Waals surface area (Å²) in [5.41, 5.74) is -0.782. The van der Waals surface area contributed by atoms with Crippen LogP contribution < -0.4 is 10.6 Å². The Morgan fingerprint density at radius 3 is 2.63 bits per heavy atom. The van der Waals surface area contributed by atoms with E-state index in [0.29, 0.717) is 29.2 Å². The first-order chi connectivity index (χ1) is 13.9. The van der Waals surface area contributed by atoms with Gasteiger partial charge in [0, 0.05) is 36.7 Å². The van der Waals surface area contributed by atoms with E-state index in [1.807, 2.05) is 0 Å². The number of rotatable bonds is 3. The molecule has 2 aromatic heterocycles. The molecule has 12 heteroatoms. The minimum Gasteiger partial charge on any atom is -0.444 e. The van der Waals surface area contributed by atoms with E-state index in [-0.39, 0.29) is 18.3 Å². The van der Waals surface area contributed by atoms with Crippen LogP contribution in [0.5, 0.6) is 0 Å². The maximum absolute atomic E-state index is 13.0. The normalized spacial score (nSPS) is 14.3. The number of ether oxygens (including phenoxy) is 1. The van der Waals surface area contributed by atoms with Crippen LogP contribution >= 0.6 is 22.9 Å². The second kappa shape index (κ2) is 8.10. The molecular weight excluding hydrogens is 443 g/mol. The summed E-state index contributed by atoms with van der Waals surface area (Å²) >= 11 is 7.85. The number of hydrogen-bond acceptors (Lipinski definition) is 7. The summed E-state index contributed by atoms with van der Waals surface area (Å²) in [7, 11) is 1.35. The van der Waals surface area contributed by atoms with Crippen LogP contribution in [-0.2, 0) is 23.9 Å². The van der Waals surface area contributed by atoms with Crippen molar-refractivity contribution in [2.45, 2.75) is 45.5 Å². The molecule has 1 aliphatic rings. The van der Waals surface area contributed by atoms with Crippen molar-refractivity contribution in [1.82, 2.24) is 14.9 Å². The number of carbonyl (C=O) groups excluding carboxylic acids is 1. The maximum atomic E-state index is 13.0. The molecule has 0 aliphatic carbocycles. The topological polar surface area (TPSA) is 79.4 Å². The first-order valence-electron chi connectivity index (χ1n) is 9.06. The van der Waals surface area contributed by atoms with Crippen LogP contribution in [0.4, 0.5) is 34.7 Å². The van der Waals surface area contributed by atoms with Crippen LogP contribution in [-0.4, -0.2) is 40.2 Å². The number of aromatic nitrogens is 2. The Balaban J connectivity index is 1.80. The summed E-state index contributed by atoms with van der Waals surface area (Å²) in [5.74, 6) is -0.356. The van der Waals surface area contributed by atoms with Crippen molar-refractivity contribution in [2.24, 2.45) is 0 Å². The van der Waals surface area contributed by atoms with E-state index >= 15 is 0 Å². The molecule has 2 aromatic rings. The number of hydrogen-bond donors (Lipinski definition) is 2. The number of nitrogens with zero attached hydrogens (tertiary/aromatic N) is 3. The van der Waals surface area contributed by atoms with Crippen LogP contribution in [0.25, 0.3) is 0 Å². The molecule has 0 fully saturated rings. The molecule has 0 unspecified atom stereocenters. The van der Waals surface area contributed by atoms with E-state index in [1.165, 1.54) is 18.4 Å². The number of alkyl halides is 3. The first kappa shape index (κ1) is 22.4. The molecule has 164 valence electrons. The number of thiophene rings is 1. The summed E-state index contributed by atoms with van der Waals surface area (Å²) in [5, 5.41) is 6.21. The van der Waals surface area contributed by atoms with E-state index in [1.54, 1.807) is 25.7 Å². The third kappa shape index (κ3) is 4.89. The van der Waals surface area contributed by atoms with Crippen LogP contribution in [0.1, 0.15) is 36.8 Å². The van der Waals surface area contributed by atoms with Gasteiger partial charge < -0.3 is 20.3 Å². The predicted molar refractivity (Wildman–Crippen MR) is 110 cm³/mol. The van der Waals surface area contributed by atoms with Crippen molar-refractivity contribution in [3.05, 3.63) is 27.2 Å². The van der Waals surface area contributed by atoms with E-state index in [9.17, 15) is 18.0 Å². The smallest absolute Gasteiger partial charge is 0.421 e. The van der Waals surface area contributed by atoms with Gasteiger partial charge in [-0.3, -0.25) is 0 Å². The average molecular weight is 464 g/mol. The number of halogens is 4. The van der Waals surface area contributed by atoms with Crippen molar-refractivity contribution < 1.29 is 22.7 Å². The molecule has 0 spiro atoms. The number of amides is 1. The third-order valence-electron chi connectivity index (χ3n) is 4.19. The van der Waals surface area contributed by atoms with Crippen LogP contribution in [0.3, 0.4) is 0 Å². The lowest BCUT2D eigenvalue weighted by atomic mass is 10.1. The molecule has 0 aromatic carbocycles. The number of carbonyl (C=O) groups is 1. The Morgan fingerprint density at radius 2 is 2.03 bits per heavy atom. The van der Waals surface area contributed by atoms with Gasteiger partial charge in [-0.25, -0.2) is 9.78 Å². The average Bonchev–Trinajstić information content (AvgIpc) is 2.94. The van der Waals surface area contributed by atoms with Gasteiger partial charge in [-0.2, -0.15) is 18.2 Å². The van der Waals surface area contributed by atoms with Gasteiger partial charge in [0.15, 0.2) is 0 Å². The molecule has 0 atom stereocenters. The minimum atomic E-state index is -4.57. The van der Waals surface area contributed by atoms with Gasteiger partial charge in [-0.1, -0.05) is 11.6 Å². The Morgan fingerprint density at radius 1 is 1.33 bits per heavy atom. The molecule has 1 aliphatic heterocycles. The Hall–Kier alpha value is -2.27. The summed E-state index contributed by atoms with van der Waals surface area (Å²) < 4.78 is 44.5. The molecule has 2 N–H and O–H groups in total. The van der Waals surface area contributed by atoms with Gasteiger partial charge >= 0.3 is 12.3 Å². The second-order valence-electron chi connectivity index (χ2n) is 7.63. The molecule has 1 amide bonds. The zero-order valence-electron chi connectivity index (χ0n) is 16.8. The van der Waals surface area contributed by atoms with Gasteiger partial charge in [0.25, 0.3) is 0 Å². The molecule has 0 radical (unpaired) electrons. The molecular formula is C18H21ClF3N5O2S. The third-order valence-corrected chi connectivity index (χ3v) is 5.93. The van der Waals surface area contributed by atoms with Gasteiger partial charge in [0.05, 0.1) is 11.6 Å². The van der Waals surface area contributed by atoms with E-state index in [2.05, 4.69) is 20.6 Å². The highest BCUT2D eigenvalue weighted by Crippen LogP contribution is 2.42. The maximum Gasteiger partial charge on any atom is 0.421 e. The van der Waals surface area contributed by atoms with Gasteiger partial charge in [-0.15, -0.1) is 11.3 Å². The first-order valence-corrected chi connectivity index (χ1v) is 10.3. The monoisotopic (exact) mass is 463 g/mol. The molecule has 0 saturated heterocycles. The highest BCUT2D eigenvalue weighted by molar-refractivity contribution is 7.17. The molecule has 7 nitrogen and oxygen atoms in total. The van der Waals surface area contributed by atoms with Gasteiger partial charge in [0.2, 0.25) is 5.95 Å². The number of anilines is 3. The van der Waals surface area contributed by atoms with Crippen molar-refractivity contribution >= 4 is 45.8 Å². The largest absolute Gasteiger partial charge is 0.444 e. The van der Waals surface area contributed by atoms with Crippen molar-refractivity contribution in [1.29, 1.82) is 0 Å². The quantitative estimate of drug-likeness (QED) is 0.644. The molecule has 0 saturated carbocycles. The Bertz CT molecular complexity index is 959. The lowest BCUT2D eigenvalue weighted by molar-refractivity contribution is -0.137. The number of nitrogens with one attached hydrogen (secondary N) is 2. The van der Waals surface area contributed by atoms with E-state index in [0.717, 1.165) is 10.4 Å². The van der Waals surface area contributed by atoms with Gasteiger partial charge in [0.1, 0.15) is 22.0 Å². The summed E-state index contributed by atoms with van der Waals surface area (Å²) in [6, 6.07) is 0. The standard InChI is InChI=1S/C18H21ClF3N5O2S/c1-17(2,3)29-16(28)27-6-5-11-9(8-27)12(19)14(30-11)26-15-24-7-10(18(20,21)22)13(23-4)25-15/h7H,5-6,8H2,1-4H3,(H2,23,24,25,26). The predicted octanol–water partition coefficient (Wildman–Crippen LogP) is 5.29. The molecule has 3 heterocycles. The lowest BCUT2D eigenvalue weighted by Gasteiger charge is -2.30.